The highest BCUT2D eigenvalue weighted by Gasteiger charge is 2.06. The van der Waals surface area contributed by atoms with Gasteiger partial charge in [-0.1, -0.05) is 12.1 Å². The summed E-state index contributed by atoms with van der Waals surface area (Å²) in [6.07, 6.45) is 0. The minimum Gasteiger partial charge on any atom is -0.478 e. The zero-order valence-electron chi connectivity index (χ0n) is 11.0. The molecule has 0 aromatic heterocycles. The lowest BCUT2D eigenvalue weighted by Gasteiger charge is -2.09. The summed E-state index contributed by atoms with van der Waals surface area (Å²) in [7, 11) is 0. The SMILES string of the molecule is NC(=O)c1ccc(NCc2ccc(C(=O)O)cc2)cc1Br. The molecular weight excluding hydrogens is 336 g/mol. The van der Waals surface area contributed by atoms with E-state index in [-0.39, 0.29) is 5.56 Å². The van der Waals surface area contributed by atoms with E-state index < -0.39 is 11.9 Å². The van der Waals surface area contributed by atoms with E-state index in [2.05, 4.69) is 21.2 Å². The minimum atomic E-state index is -0.944. The van der Waals surface area contributed by atoms with Gasteiger partial charge in [0.2, 0.25) is 5.91 Å². The first-order valence-corrected chi connectivity index (χ1v) is 6.92. The van der Waals surface area contributed by atoms with Crippen LogP contribution in [0.25, 0.3) is 0 Å². The number of carboxylic acid groups (broad SMARTS) is 1. The average molecular weight is 349 g/mol. The molecule has 2 rings (SSSR count). The van der Waals surface area contributed by atoms with E-state index in [4.69, 9.17) is 10.8 Å². The minimum absolute atomic E-state index is 0.257. The molecule has 4 N–H and O–H groups in total. The summed E-state index contributed by atoms with van der Waals surface area (Å²) >= 11 is 3.29. The number of aromatic carboxylic acids is 1. The molecule has 0 saturated carbocycles. The Labute approximate surface area is 129 Å². The third-order valence-corrected chi connectivity index (χ3v) is 3.59. The highest BCUT2D eigenvalue weighted by molar-refractivity contribution is 9.10. The number of carbonyl (C=O) groups is 2. The monoisotopic (exact) mass is 348 g/mol. The van der Waals surface area contributed by atoms with E-state index in [9.17, 15) is 9.59 Å². The molecule has 2 aromatic rings. The number of benzene rings is 2. The maximum Gasteiger partial charge on any atom is 0.335 e. The van der Waals surface area contributed by atoms with Gasteiger partial charge in [-0.2, -0.15) is 0 Å². The summed E-state index contributed by atoms with van der Waals surface area (Å²) in [5.74, 6) is -1.43. The van der Waals surface area contributed by atoms with E-state index >= 15 is 0 Å². The molecular formula is C15H13BrN2O3. The van der Waals surface area contributed by atoms with E-state index in [1.165, 1.54) is 0 Å². The van der Waals surface area contributed by atoms with Crippen molar-refractivity contribution in [2.24, 2.45) is 5.73 Å². The van der Waals surface area contributed by atoms with E-state index in [1.807, 2.05) is 0 Å². The summed E-state index contributed by atoms with van der Waals surface area (Å²) < 4.78 is 0.626. The first-order chi connectivity index (χ1) is 9.97. The van der Waals surface area contributed by atoms with Gasteiger partial charge in [-0.15, -0.1) is 0 Å². The van der Waals surface area contributed by atoms with Crippen molar-refractivity contribution in [3.05, 3.63) is 63.6 Å². The second-order valence-corrected chi connectivity index (χ2v) is 5.27. The molecule has 0 saturated heterocycles. The maximum absolute atomic E-state index is 11.1. The Morgan fingerprint density at radius 2 is 1.81 bits per heavy atom. The lowest BCUT2D eigenvalue weighted by atomic mass is 10.1. The van der Waals surface area contributed by atoms with Crippen molar-refractivity contribution in [1.82, 2.24) is 0 Å². The second kappa shape index (κ2) is 6.41. The van der Waals surface area contributed by atoms with Crippen LogP contribution < -0.4 is 11.1 Å². The Kier molecular flexibility index (Phi) is 4.59. The molecule has 0 spiro atoms. The molecule has 0 heterocycles. The van der Waals surface area contributed by atoms with Gasteiger partial charge in [0.05, 0.1) is 11.1 Å². The molecule has 21 heavy (non-hydrogen) atoms. The van der Waals surface area contributed by atoms with E-state index in [0.29, 0.717) is 16.6 Å². The second-order valence-electron chi connectivity index (χ2n) is 4.41. The number of carbonyl (C=O) groups excluding carboxylic acids is 1. The Morgan fingerprint density at radius 3 is 2.33 bits per heavy atom. The average Bonchev–Trinajstić information content (AvgIpc) is 2.45. The van der Waals surface area contributed by atoms with Crippen LogP contribution in [0.1, 0.15) is 26.3 Å². The smallest absolute Gasteiger partial charge is 0.335 e. The molecule has 0 atom stereocenters. The zero-order valence-corrected chi connectivity index (χ0v) is 12.6. The normalized spacial score (nSPS) is 10.1. The molecule has 2 aromatic carbocycles. The fourth-order valence-corrected chi connectivity index (χ4v) is 2.37. The third kappa shape index (κ3) is 3.82. The zero-order chi connectivity index (χ0) is 15.4. The van der Waals surface area contributed by atoms with Crippen molar-refractivity contribution in [1.29, 1.82) is 0 Å². The highest BCUT2D eigenvalue weighted by Crippen LogP contribution is 2.21. The highest BCUT2D eigenvalue weighted by atomic mass is 79.9. The summed E-state index contributed by atoms with van der Waals surface area (Å²) in [5, 5.41) is 12.0. The van der Waals surface area contributed by atoms with E-state index in [1.54, 1.807) is 42.5 Å². The number of nitrogens with one attached hydrogen (secondary N) is 1. The van der Waals surface area contributed by atoms with Crippen LogP contribution in [0.15, 0.2) is 46.9 Å². The quantitative estimate of drug-likeness (QED) is 0.774. The molecule has 108 valence electrons. The van der Waals surface area contributed by atoms with Gasteiger partial charge in [-0.25, -0.2) is 4.79 Å². The van der Waals surface area contributed by atoms with Crippen LogP contribution in [-0.4, -0.2) is 17.0 Å². The van der Waals surface area contributed by atoms with Gasteiger partial charge in [0.25, 0.3) is 0 Å². The van der Waals surface area contributed by atoms with Crippen LogP contribution in [0.4, 0.5) is 5.69 Å². The molecule has 0 aliphatic heterocycles. The Bertz CT molecular complexity index is 684. The molecule has 0 fully saturated rings. The lowest BCUT2D eigenvalue weighted by molar-refractivity contribution is 0.0696. The number of anilines is 1. The van der Waals surface area contributed by atoms with Gasteiger partial charge in [-0.3, -0.25) is 4.79 Å². The first kappa shape index (κ1) is 15.1. The van der Waals surface area contributed by atoms with Gasteiger partial charge in [0.15, 0.2) is 0 Å². The number of halogens is 1. The number of hydrogen-bond acceptors (Lipinski definition) is 3. The van der Waals surface area contributed by atoms with Gasteiger partial charge >= 0.3 is 5.97 Å². The topological polar surface area (TPSA) is 92.4 Å². The Balaban J connectivity index is 2.04. The molecule has 0 aliphatic rings. The van der Waals surface area contributed by atoms with Gasteiger partial charge in [-0.05, 0) is 51.8 Å². The molecule has 0 radical (unpaired) electrons. The Morgan fingerprint density at radius 1 is 1.14 bits per heavy atom. The van der Waals surface area contributed by atoms with Crippen molar-refractivity contribution >= 4 is 33.5 Å². The van der Waals surface area contributed by atoms with Crippen molar-refractivity contribution in [2.45, 2.75) is 6.54 Å². The predicted molar refractivity (Wildman–Crippen MR) is 83.4 cm³/mol. The third-order valence-electron chi connectivity index (χ3n) is 2.93. The molecule has 5 nitrogen and oxygen atoms in total. The van der Waals surface area contributed by atoms with Crippen LogP contribution in [0.2, 0.25) is 0 Å². The van der Waals surface area contributed by atoms with Gasteiger partial charge in [0, 0.05) is 16.7 Å². The summed E-state index contributed by atoms with van der Waals surface area (Å²) in [4.78, 5) is 21.9. The first-order valence-electron chi connectivity index (χ1n) is 6.13. The van der Waals surface area contributed by atoms with Crippen molar-refractivity contribution in [3.63, 3.8) is 0 Å². The number of primary amides is 1. The van der Waals surface area contributed by atoms with Crippen LogP contribution in [0, 0.1) is 0 Å². The summed E-state index contributed by atoms with van der Waals surface area (Å²) in [5.41, 5.74) is 7.69. The fraction of sp³-hybridized carbons (Fsp3) is 0.0667. The summed E-state index contributed by atoms with van der Waals surface area (Å²) in [6.45, 7) is 0.544. The van der Waals surface area contributed by atoms with Crippen molar-refractivity contribution in [2.75, 3.05) is 5.32 Å². The molecule has 6 heteroatoms. The van der Waals surface area contributed by atoms with Crippen molar-refractivity contribution in [3.8, 4) is 0 Å². The van der Waals surface area contributed by atoms with Crippen LogP contribution >= 0.6 is 15.9 Å². The molecule has 0 unspecified atom stereocenters. The molecule has 0 aliphatic carbocycles. The number of carboxylic acids is 1. The van der Waals surface area contributed by atoms with Gasteiger partial charge < -0.3 is 16.2 Å². The predicted octanol–water partition coefficient (Wildman–Crippen LogP) is 2.86. The van der Waals surface area contributed by atoms with Gasteiger partial charge in [0.1, 0.15) is 0 Å². The molecule has 0 bridgehead atoms. The number of nitrogens with two attached hydrogens (primary N) is 1. The maximum atomic E-state index is 11.1. The number of hydrogen-bond donors (Lipinski definition) is 3. The van der Waals surface area contributed by atoms with Crippen LogP contribution in [0.3, 0.4) is 0 Å². The van der Waals surface area contributed by atoms with Crippen molar-refractivity contribution < 1.29 is 14.7 Å². The van der Waals surface area contributed by atoms with Crippen LogP contribution in [0.5, 0.6) is 0 Å². The summed E-state index contributed by atoms with van der Waals surface area (Å²) in [6, 6.07) is 11.8. The number of rotatable bonds is 5. The number of amides is 1. The molecule has 1 amide bonds. The standard InChI is InChI=1S/C15H13BrN2O3/c16-13-7-11(5-6-12(13)14(17)19)18-8-9-1-3-10(4-2-9)15(20)21/h1-7,18H,8H2,(H2,17,19)(H,20,21). The van der Waals surface area contributed by atoms with E-state index in [0.717, 1.165) is 11.3 Å². The van der Waals surface area contributed by atoms with Crippen LogP contribution in [-0.2, 0) is 6.54 Å². The Hall–Kier alpha value is -2.34. The lowest BCUT2D eigenvalue weighted by Crippen LogP contribution is -2.11. The fourth-order valence-electron chi connectivity index (χ4n) is 1.79. The largest absolute Gasteiger partial charge is 0.478 e.